The quantitative estimate of drug-likeness (QED) is 0.0644. The van der Waals surface area contributed by atoms with Crippen LogP contribution >= 0.6 is 0 Å². The van der Waals surface area contributed by atoms with Crippen molar-refractivity contribution in [1.29, 1.82) is 0 Å². The summed E-state index contributed by atoms with van der Waals surface area (Å²) in [6.07, 6.45) is 27.4. The molecule has 0 aliphatic heterocycles. The molecule has 1 atom stereocenters. The first kappa shape index (κ1) is 37.1. The van der Waals surface area contributed by atoms with Gasteiger partial charge in [0.2, 0.25) is 5.44 Å². The molecule has 1 aromatic rings. The number of benzene rings is 1. The van der Waals surface area contributed by atoms with Crippen LogP contribution in [0.4, 0.5) is 0 Å². The van der Waals surface area contributed by atoms with Gasteiger partial charge in [-0.05, 0) is 25.5 Å². The van der Waals surface area contributed by atoms with Gasteiger partial charge in [0.25, 0.3) is 0 Å². The lowest BCUT2D eigenvalue weighted by atomic mass is 10.0. The van der Waals surface area contributed by atoms with Crippen LogP contribution in [-0.4, -0.2) is 37.0 Å². The third kappa shape index (κ3) is 19.0. The summed E-state index contributed by atoms with van der Waals surface area (Å²) < 4.78 is 41.3. The molecule has 0 saturated carbocycles. The Kier molecular flexibility index (Phi) is 21.4. The van der Waals surface area contributed by atoms with Crippen LogP contribution in [0.1, 0.15) is 169 Å². The van der Waals surface area contributed by atoms with Crippen molar-refractivity contribution in [3.05, 3.63) is 35.4 Å². The molecule has 0 fully saturated rings. The van der Waals surface area contributed by atoms with Crippen LogP contribution in [0.3, 0.4) is 0 Å². The first-order valence-corrected chi connectivity index (χ1v) is 17.7. The monoisotopic (exact) mass is 596 g/mol. The molecular weight excluding hydrogens is 540 g/mol. The summed E-state index contributed by atoms with van der Waals surface area (Å²) in [5.41, 5.74) is -1.84. The fraction of sp³-hybridized carbons (Fsp3) is 0.758. The normalized spacial score (nSPS) is 12.3. The Labute approximate surface area is 249 Å². The van der Waals surface area contributed by atoms with Gasteiger partial charge in [-0.1, -0.05) is 147 Å². The lowest BCUT2D eigenvalue weighted by Crippen LogP contribution is -2.25. The second kappa shape index (κ2) is 23.6. The summed E-state index contributed by atoms with van der Waals surface area (Å²) in [5.74, 6) is -1.68. The molecule has 8 heteroatoms. The number of esters is 2. The Hall–Kier alpha value is -1.93. The van der Waals surface area contributed by atoms with E-state index in [4.69, 9.17) is 14.0 Å². The summed E-state index contributed by atoms with van der Waals surface area (Å²) >= 11 is 0. The topological polar surface area (TPSA) is 107 Å². The molecule has 1 unspecified atom stereocenters. The van der Waals surface area contributed by atoms with Crippen molar-refractivity contribution in [1.82, 2.24) is 0 Å². The highest BCUT2D eigenvalue weighted by Gasteiger charge is 2.25. The molecule has 1 aromatic carbocycles. The summed E-state index contributed by atoms with van der Waals surface area (Å²) in [7, 11) is -4.54. The number of carbonyl (C=O) groups excluding carboxylic acids is 2. The maximum Gasteiger partial charge on any atom is 0.340 e. The highest BCUT2D eigenvalue weighted by Crippen LogP contribution is 2.17. The minimum absolute atomic E-state index is 0.00327. The predicted octanol–water partition coefficient (Wildman–Crippen LogP) is 9.45. The van der Waals surface area contributed by atoms with Gasteiger partial charge in [0.1, 0.15) is 0 Å². The van der Waals surface area contributed by atoms with Crippen LogP contribution in [0.25, 0.3) is 0 Å². The number of hydrogen-bond acceptors (Lipinski definition) is 6. The van der Waals surface area contributed by atoms with E-state index in [1.807, 2.05) is 0 Å². The van der Waals surface area contributed by atoms with Crippen molar-refractivity contribution < 1.29 is 32.0 Å². The minimum Gasteiger partial charge on any atom is -0.462 e. The second-order valence-corrected chi connectivity index (χ2v) is 12.9. The summed E-state index contributed by atoms with van der Waals surface area (Å²) in [5, 5.41) is 0. The summed E-state index contributed by atoms with van der Waals surface area (Å²) in [6, 6.07) is 5.90. The second-order valence-electron chi connectivity index (χ2n) is 11.2. The highest BCUT2D eigenvalue weighted by atomic mass is 32.2. The van der Waals surface area contributed by atoms with Crippen LogP contribution in [0.15, 0.2) is 24.3 Å². The Bertz CT molecular complexity index is 929. The third-order valence-electron chi connectivity index (χ3n) is 7.54. The van der Waals surface area contributed by atoms with Gasteiger partial charge in [0.05, 0.1) is 17.7 Å². The van der Waals surface area contributed by atoms with Crippen molar-refractivity contribution >= 4 is 22.1 Å². The molecule has 1 N–H and O–H groups in total. The van der Waals surface area contributed by atoms with Gasteiger partial charge in [-0.15, -0.1) is 0 Å². The van der Waals surface area contributed by atoms with Gasteiger partial charge in [0, 0.05) is 0 Å². The van der Waals surface area contributed by atoms with Gasteiger partial charge in [-0.2, -0.15) is 8.42 Å². The number of unbranched alkanes of at least 4 members (excludes halogenated alkanes) is 20. The lowest BCUT2D eigenvalue weighted by Gasteiger charge is -2.12. The van der Waals surface area contributed by atoms with Crippen LogP contribution < -0.4 is 0 Å². The molecule has 0 heterocycles. The van der Waals surface area contributed by atoms with Crippen molar-refractivity contribution in [2.45, 2.75) is 154 Å². The molecule has 0 radical (unpaired) electrons. The Morgan fingerprint density at radius 3 is 1.34 bits per heavy atom. The van der Waals surface area contributed by atoms with E-state index in [2.05, 4.69) is 6.92 Å². The fourth-order valence-corrected chi connectivity index (χ4v) is 5.10. The maximum absolute atomic E-state index is 12.5. The molecule has 7 nitrogen and oxygen atoms in total. The Balaban J connectivity index is 1.98. The summed E-state index contributed by atoms with van der Waals surface area (Å²) in [4.78, 5) is 24.8. The van der Waals surface area contributed by atoms with E-state index in [1.165, 1.54) is 134 Å². The third-order valence-corrected chi connectivity index (χ3v) is 8.48. The average molecular weight is 597 g/mol. The largest absolute Gasteiger partial charge is 0.462 e. The summed E-state index contributed by atoms with van der Waals surface area (Å²) in [6.45, 7) is 3.56. The molecular formula is C33H56O7S. The van der Waals surface area contributed by atoms with Gasteiger partial charge >= 0.3 is 22.1 Å². The van der Waals surface area contributed by atoms with Gasteiger partial charge in [0.15, 0.2) is 0 Å². The zero-order chi connectivity index (χ0) is 30.2. The molecule has 236 valence electrons. The number of ether oxygens (including phenoxy) is 2. The molecule has 0 spiro atoms. The van der Waals surface area contributed by atoms with Crippen LogP contribution in [0.2, 0.25) is 0 Å². The lowest BCUT2D eigenvalue weighted by molar-refractivity contribution is 0.0425. The van der Waals surface area contributed by atoms with Crippen LogP contribution in [0, 0.1) is 0 Å². The van der Waals surface area contributed by atoms with E-state index >= 15 is 0 Å². The zero-order valence-electron chi connectivity index (χ0n) is 25.7. The van der Waals surface area contributed by atoms with Gasteiger partial charge < -0.3 is 9.47 Å². The molecule has 1 rings (SSSR count). The smallest absolute Gasteiger partial charge is 0.340 e. The van der Waals surface area contributed by atoms with Crippen LogP contribution in [0.5, 0.6) is 0 Å². The number of rotatable bonds is 26. The van der Waals surface area contributed by atoms with Crippen LogP contribution in [-0.2, 0) is 19.6 Å². The first-order valence-electron chi connectivity index (χ1n) is 16.2. The van der Waals surface area contributed by atoms with Crippen molar-refractivity contribution in [2.24, 2.45) is 0 Å². The van der Waals surface area contributed by atoms with E-state index < -0.39 is 27.5 Å². The molecule has 0 aromatic heterocycles. The molecule has 0 saturated heterocycles. The standard InChI is InChI=1S/C33H56O7S/c1-3-4-5-6-7-8-9-10-11-12-13-14-15-16-17-18-19-20-21-22-25-28-39-32(34)30-26-23-24-27-31(30)33(35)40-29(2)41(36,37)38/h23-24,26-27,29H,3-22,25,28H2,1-2H3,(H,36,37,38). The molecule has 0 amide bonds. The van der Waals surface area contributed by atoms with E-state index in [1.54, 1.807) is 6.07 Å². The van der Waals surface area contributed by atoms with Gasteiger partial charge in [-0.3, -0.25) is 4.55 Å². The number of carbonyl (C=O) groups is 2. The van der Waals surface area contributed by atoms with E-state index in [0.29, 0.717) is 0 Å². The maximum atomic E-state index is 12.5. The van der Waals surface area contributed by atoms with E-state index in [0.717, 1.165) is 26.2 Å². The molecule has 0 bridgehead atoms. The van der Waals surface area contributed by atoms with Crippen molar-refractivity contribution in [3.8, 4) is 0 Å². The van der Waals surface area contributed by atoms with E-state index in [-0.39, 0.29) is 17.7 Å². The van der Waals surface area contributed by atoms with E-state index in [9.17, 15) is 18.0 Å². The Morgan fingerprint density at radius 1 is 0.634 bits per heavy atom. The zero-order valence-corrected chi connectivity index (χ0v) is 26.6. The molecule has 0 aliphatic carbocycles. The van der Waals surface area contributed by atoms with Crippen molar-refractivity contribution in [3.63, 3.8) is 0 Å². The highest BCUT2D eigenvalue weighted by molar-refractivity contribution is 7.86. The van der Waals surface area contributed by atoms with Crippen molar-refractivity contribution in [2.75, 3.05) is 6.61 Å². The molecule has 0 aliphatic rings. The number of hydrogen-bond donors (Lipinski definition) is 1. The fourth-order valence-electron chi connectivity index (χ4n) is 4.89. The minimum atomic E-state index is -4.54. The van der Waals surface area contributed by atoms with Gasteiger partial charge in [-0.25, -0.2) is 9.59 Å². The molecule has 41 heavy (non-hydrogen) atoms. The Morgan fingerprint density at radius 2 is 0.976 bits per heavy atom. The SMILES string of the molecule is CCCCCCCCCCCCCCCCCCCCCCCOC(=O)c1ccccc1C(=O)OC(C)S(=O)(=O)O. The first-order chi connectivity index (χ1) is 19.8. The predicted molar refractivity (Wildman–Crippen MR) is 166 cm³/mol. The average Bonchev–Trinajstić information content (AvgIpc) is 2.95.